The van der Waals surface area contributed by atoms with Gasteiger partial charge in [-0.25, -0.2) is 19.6 Å². The van der Waals surface area contributed by atoms with Crippen molar-refractivity contribution < 1.29 is 19.1 Å². The first-order valence-corrected chi connectivity index (χ1v) is 15.6. The Morgan fingerprint density at radius 1 is 0.911 bits per heavy atom. The molecule has 1 fully saturated rings. The fourth-order valence-corrected chi connectivity index (χ4v) is 5.09. The highest BCUT2D eigenvalue weighted by atomic mass is 16.6. The zero-order valence-corrected chi connectivity index (χ0v) is 26.9. The first kappa shape index (κ1) is 33.3. The van der Waals surface area contributed by atoms with E-state index in [0.717, 1.165) is 48.3 Å². The standard InChI is InChI=1S/C34H45N7O4/c1-6-35-29-21-26(14-17-28(29)31(42)41(7-2)40-19-9-8-10-20-40)25-12-15-27(16-13-25)38-32(43)37-23-24-11-18-30(36-22-24)39-33(44)45-34(3,4)5/h11-18,21-22,35H,6-10,19-20,23H2,1-5H3,(H,36,39,44)(H2,37,38,43). The monoisotopic (exact) mass is 615 g/mol. The maximum Gasteiger partial charge on any atom is 0.413 e. The maximum absolute atomic E-state index is 13.6. The molecule has 0 saturated carbocycles. The Bertz CT molecular complexity index is 1450. The van der Waals surface area contributed by atoms with Gasteiger partial charge in [0.1, 0.15) is 11.4 Å². The summed E-state index contributed by atoms with van der Waals surface area (Å²) in [6, 6.07) is 16.5. The molecule has 11 heteroatoms. The Hall–Kier alpha value is -4.64. The lowest BCUT2D eigenvalue weighted by molar-refractivity contribution is -0.0181. The Morgan fingerprint density at radius 3 is 2.24 bits per heavy atom. The number of hydrazine groups is 1. The number of pyridine rings is 1. The minimum atomic E-state index is -0.603. The molecule has 4 amide bonds. The third kappa shape index (κ3) is 9.67. The van der Waals surface area contributed by atoms with E-state index in [1.807, 2.05) is 61.3 Å². The van der Waals surface area contributed by atoms with Crippen molar-refractivity contribution in [1.29, 1.82) is 0 Å². The lowest BCUT2D eigenvalue weighted by Gasteiger charge is -2.37. The summed E-state index contributed by atoms with van der Waals surface area (Å²) in [5, 5.41) is 15.7. The average Bonchev–Trinajstić information content (AvgIpc) is 3.01. The van der Waals surface area contributed by atoms with Gasteiger partial charge in [0, 0.05) is 50.3 Å². The van der Waals surface area contributed by atoms with E-state index >= 15 is 0 Å². The summed E-state index contributed by atoms with van der Waals surface area (Å²) in [5.41, 5.74) is 4.21. The predicted molar refractivity (Wildman–Crippen MR) is 178 cm³/mol. The Kier molecular flexibility index (Phi) is 11.4. The third-order valence-electron chi connectivity index (χ3n) is 7.21. The highest BCUT2D eigenvalue weighted by Gasteiger charge is 2.25. The van der Waals surface area contributed by atoms with Crippen LogP contribution in [0.25, 0.3) is 11.1 Å². The normalized spacial score (nSPS) is 13.4. The molecule has 0 bridgehead atoms. The number of hydrogen-bond acceptors (Lipinski definition) is 7. The van der Waals surface area contributed by atoms with Crippen LogP contribution in [0.3, 0.4) is 0 Å². The number of anilines is 3. The Labute approximate surface area is 265 Å². The number of piperidine rings is 1. The van der Waals surface area contributed by atoms with Gasteiger partial charge < -0.3 is 20.7 Å². The first-order valence-electron chi connectivity index (χ1n) is 15.6. The van der Waals surface area contributed by atoms with E-state index in [4.69, 9.17) is 4.74 Å². The molecule has 2 aromatic carbocycles. The van der Waals surface area contributed by atoms with Crippen LogP contribution in [0.2, 0.25) is 0 Å². The summed E-state index contributed by atoms with van der Waals surface area (Å²) in [5.74, 6) is 0.369. The number of nitrogens with zero attached hydrogens (tertiary/aromatic N) is 3. The quantitative estimate of drug-likeness (QED) is 0.200. The number of aromatic nitrogens is 1. The first-order chi connectivity index (χ1) is 21.6. The van der Waals surface area contributed by atoms with Gasteiger partial charge in [-0.3, -0.25) is 15.1 Å². The summed E-state index contributed by atoms with van der Waals surface area (Å²) < 4.78 is 5.23. The number of nitrogens with one attached hydrogen (secondary N) is 4. The molecule has 11 nitrogen and oxygen atoms in total. The van der Waals surface area contributed by atoms with Crippen LogP contribution >= 0.6 is 0 Å². The minimum absolute atomic E-state index is 0.0108. The predicted octanol–water partition coefficient (Wildman–Crippen LogP) is 6.71. The Balaban J connectivity index is 1.33. The van der Waals surface area contributed by atoms with Crippen molar-refractivity contribution >= 4 is 35.2 Å². The van der Waals surface area contributed by atoms with Gasteiger partial charge in [0.05, 0.1) is 5.56 Å². The van der Waals surface area contributed by atoms with Gasteiger partial charge >= 0.3 is 12.1 Å². The zero-order valence-electron chi connectivity index (χ0n) is 26.9. The molecule has 1 aliphatic heterocycles. The van der Waals surface area contributed by atoms with Crippen LogP contribution in [-0.2, 0) is 11.3 Å². The molecule has 0 spiro atoms. The van der Waals surface area contributed by atoms with Gasteiger partial charge in [0.15, 0.2) is 0 Å². The molecule has 240 valence electrons. The highest BCUT2D eigenvalue weighted by Crippen LogP contribution is 2.28. The summed E-state index contributed by atoms with van der Waals surface area (Å²) in [6.07, 6.45) is 4.43. The SMILES string of the molecule is CCNc1cc(-c2ccc(NC(=O)NCc3ccc(NC(=O)OC(C)(C)C)nc3)cc2)ccc1C(=O)N(CC)N1CCCCC1. The van der Waals surface area contributed by atoms with E-state index in [1.165, 1.54) is 6.42 Å². The number of ether oxygens (including phenoxy) is 1. The van der Waals surface area contributed by atoms with E-state index < -0.39 is 11.7 Å². The van der Waals surface area contributed by atoms with Gasteiger partial charge in [-0.15, -0.1) is 0 Å². The molecule has 0 unspecified atom stereocenters. The van der Waals surface area contributed by atoms with Crippen molar-refractivity contribution in [2.75, 3.05) is 42.1 Å². The van der Waals surface area contributed by atoms with E-state index in [-0.39, 0.29) is 18.5 Å². The minimum Gasteiger partial charge on any atom is -0.444 e. The average molecular weight is 616 g/mol. The molecule has 45 heavy (non-hydrogen) atoms. The molecule has 2 heterocycles. The van der Waals surface area contributed by atoms with Crippen LogP contribution in [0.5, 0.6) is 0 Å². The number of amides is 4. The van der Waals surface area contributed by atoms with Crippen LogP contribution in [0.4, 0.5) is 26.8 Å². The van der Waals surface area contributed by atoms with Gasteiger partial charge in [0.25, 0.3) is 5.91 Å². The second-order valence-electron chi connectivity index (χ2n) is 11.9. The second-order valence-corrected chi connectivity index (χ2v) is 11.9. The molecular weight excluding hydrogens is 570 g/mol. The topological polar surface area (TPSA) is 128 Å². The van der Waals surface area contributed by atoms with Crippen molar-refractivity contribution in [2.24, 2.45) is 0 Å². The zero-order chi connectivity index (χ0) is 32.4. The largest absolute Gasteiger partial charge is 0.444 e. The summed E-state index contributed by atoms with van der Waals surface area (Å²) in [6.45, 7) is 12.8. The number of carbonyl (C=O) groups excluding carboxylic acids is 3. The molecular formula is C34H45N7O4. The van der Waals surface area contributed by atoms with Crippen LogP contribution in [0.1, 0.15) is 69.8 Å². The van der Waals surface area contributed by atoms with Gasteiger partial charge in [0.2, 0.25) is 0 Å². The molecule has 3 aromatic rings. The Morgan fingerprint density at radius 2 is 1.62 bits per heavy atom. The van der Waals surface area contributed by atoms with Crippen LogP contribution < -0.4 is 21.3 Å². The van der Waals surface area contributed by atoms with Gasteiger partial charge in [-0.2, -0.15) is 0 Å². The van der Waals surface area contributed by atoms with Crippen molar-refractivity contribution in [3.05, 3.63) is 71.9 Å². The van der Waals surface area contributed by atoms with Crippen LogP contribution in [-0.4, -0.2) is 64.8 Å². The van der Waals surface area contributed by atoms with E-state index in [2.05, 4.69) is 31.3 Å². The molecule has 4 N–H and O–H groups in total. The molecule has 1 aliphatic rings. The smallest absolute Gasteiger partial charge is 0.413 e. The van der Waals surface area contributed by atoms with Crippen LogP contribution in [0, 0.1) is 0 Å². The second kappa shape index (κ2) is 15.4. The fraction of sp³-hybridized carbons (Fsp3) is 0.412. The molecule has 0 aliphatic carbocycles. The number of hydrogen-bond donors (Lipinski definition) is 4. The van der Waals surface area contributed by atoms with Crippen LogP contribution in [0.15, 0.2) is 60.8 Å². The van der Waals surface area contributed by atoms with E-state index in [0.29, 0.717) is 30.2 Å². The fourth-order valence-electron chi connectivity index (χ4n) is 5.09. The number of carbonyl (C=O) groups is 3. The van der Waals surface area contributed by atoms with Gasteiger partial charge in [-0.1, -0.05) is 30.7 Å². The third-order valence-corrected chi connectivity index (χ3v) is 7.21. The van der Waals surface area contributed by atoms with Crippen molar-refractivity contribution in [3.63, 3.8) is 0 Å². The summed E-state index contributed by atoms with van der Waals surface area (Å²) in [7, 11) is 0. The summed E-state index contributed by atoms with van der Waals surface area (Å²) in [4.78, 5) is 42.2. The lowest BCUT2D eigenvalue weighted by atomic mass is 10.0. The van der Waals surface area contributed by atoms with E-state index in [9.17, 15) is 14.4 Å². The lowest BCUT2D eigenvalue weighted by Crippen LogP contribution is -2.48. The molecule has 0 radical (unpaired) electrons. The molecule has 1 saturated heterocycles. The number of rotatable bonds is 10. The van der Waals surface area contributed by atoms with Gasteiger partial charge in [-0.05, 0) is 94.5 Å². The van der Waals surface area contributed by atoms with E-state index in [1.54, 1.807) is 39.1 Å². The number of benzene rings is 2. The molecule has 0 atom stereocenters. The summed E-state index contributed by atoms with van der Waals surface area (Å²) >= 11 is 0. The maximum atomic E-state index is 13.6. The highest BCUT2D eigenvalue weighted by molar-refractivity contribution is 6.00. The van der Waals surface area contributed by atoms with Crippen molar-refractivity contribution in [1.82, 2.24) is 20.3 Å². The number of urea groups is 1. The van der Waals surface area contributed by atoms with Crippen molar-refractivity contribution in [3.8, 4) is 11.1 Å². The van der Waals surface area contributed by atoms with Crippen molar-refractivity contribution in [2.45, 2.75) is 66.0 Å². The molecule has 1 aromatic heterocycles. The molecule has 4 rings (SSSR count).